The van der Waals surface area contributed by atoms with Gasteiger partial charge in [-0.1, -0.05) is 38.2 Å². The van der Waals surface area contributed by atoms with E-state index in [9.17, 15) is 13.2 Å². The molecule has 1 aromatic rings. The van der Waals surface area contributed by atoms with E-state index in [1.165, 1.54) is 42.5 Å². The normalized spacial score (nSPS) is 21.1. The standard InChI is InChI=1S/C21H33N3O4S/c1-17(22-18-8-5-3-2-4-6-9-18)21(25)23-19-10-7-11-20(16-19)29(26,27)24-12-14-28-15-13-24/h7,10-11,16-18,22H,2-6,8-9,12-15H2,1H3,(H,23,25)/t17-/m0/s1. The molecule has 1 aromatic carbocycles. The Labute approximate surface area is 174 Å². The van der Waals surface area contributed by atoms with Crippen LogP contribution in [0.5, 0.6) is 0 Å². The number of hydrogen-bond donors (Lipinski definition) is 2. The Hall–Kier alpha value is -1.48. The summed E-state index contributed by atoms with van der Waals surface area (Å²) in [5.41, 5.74) is 0.496. The van der Waals surface area contributed by atoms with Crippen molar-refractivity contribution in [3.8, 4) is 0 Å². The van der Waals surface area contributed by atoms with E-state index in [2.05, 4.69) is 10.6 Å². The minimum atomic E-state index is -3.58. The van der Waals surface area contributed by atoms with Crippen LogP contribution >= 0.6 is 0 Å². The summed E-state index contributed by atoms with van der Waals surface area (Å²) in [5, 5.41) is 6.32. The van der Waals surface area contributed by atoms with Gasteiger partial charge in [-0.3, -0.25) is 4.79 Å². The molecule has 0 aromatic heterocycles. The largest absolute Gasteiger partial charge is 0.379 e. The number of nitrogens with zero attached hydrogens (tertiary/aromatic N) is 1. The van der Waals surface area contributed by atoms with Gasteiger partial charge in [0.1, 0.15) is 0 Å². The fourth-order valence-electron chi connectivity index (χ4n) is 3.97. The average Bonchev–Trinajstić information content (AvgIpc) is 2.70. The van der Waals surface area contributed by atoms with E-state index >= 15 is 0 Å². The van der Waals surface area contributed by atoms with Gasteiger partial charge in [0.05, 0.1) is 24.2 Å². The molecule has 1 atom stereocenters. The molecule has 0 bridgehead atoms. The molecular formula is C21H33N3O4S. The van der Waals surface area contributed by atoms with E-state index in [-0.39, 0.29) is 16.8 Å². The highest BCUT2D eigenvalue weighted by Crippen LogP contribution is 2.21. The van der Waals surface area contributed by atoms with Gasteiger partial charge in [0.2, 0.25) is 15.9 Å². The number of ether oxygens (including phenoxy) is 1. The highest BCUT2D eigenvalue weighted by Gasteiger charge is 2.27. The molecule has 1 aliphatic carbocycles. The highest BCUT2D eigenvalue weighted by molar-refractivity contribution is 7.89. The van der Waals surface area contributed by atoms with Crippen molar-refractivity contribution >= 4 is 21.6 Å². The zero-order valence-electron chi connectivity index (χ0n) is 17.2. The Morgan fingerprint density at radius 3 is 2.45 bits per heavy atom. The lowest BCUT2D eigenvalue weighted by atomic mass is 9.96. The lowest BCUT2D eigenvalue weighted by Gasteiger charge is -2.26. The van der Waals surface area contributed by atoms with Gasteiger partial charge < -0.3 is 15.4 Å². The molecule has 2 N–H and O–H groups in total. The van der Waals surface area contributed by atoms with Gasteiger partial charge in [-0.2, -0.15) is 4.31 Å². The van der Waals surface area contributed by atoms with Crippen LogP contribution in [-0.2, 0) is 19.6 Å². The van der Waals surface area contributed by atoms with Crippen LogP contribution in [0.1, 0.15) is 51.9 Å². The fourth-order valence-corrected chi connectivity index (χ4v) is 5.43. The minimum absolute atomic E-state index is 0.145. The number of benzene rings is 1. The smallest absolute Gasteiger partial charge is 0.243 e. The average molecular weight is 424 g/mol. The number of nitrogens with one attached hydrogen (secondary N) is 2. The first-order valence-electron chi connectivity index (χ1n) is 10.7. The van der Waals surface area contributed by atoms with E-state index in [0.29, 0.717) is 38.0 Å². The predicted octanol–water partition coefficient (Wildman–Crippen LogP) is 2.74. The van der Waals surface area contributed by atoms with Gasteiger partial charge >= 0.3 is 0 Å². The molecule has 0 radical (unpaired) electrons. The molecule has 1 amide bonds. The van der Waals surface area contributed by atoms with Crippen LogP contribution in [0.3, 0.4) is 0 Å². The summed E-state index contributed by atoms with van der Waals surface area (Å²) in [7, 11) is -3.58. The van der Waals surface area contributed by atoms with Crippen LogP contribution in [0.2, 0.25) is 0 Å². The number of carbonyl (C=O) groups is 1. The van der Waals surface area contributed by atoms with Crippen LogP contribution in [0.4, 0.5) is 5.69 Å². The number of sulfonamides is 1. The van der Waals surface area contributed by atoms with E-state index in [1.807, 2.05) is 6.92 Å². The first-order chi connectivity index (χ1) is 14.0. The van der Waals surface area contributed by atoms with Crippen molar-refractivity contribution in [3.63, 3.8) is 0 Å². The summed E-state index contributed by atoms with van der Waals surface area (Å²) in [4.78, 5) is 12.8. The molecule has 29 heavy (non-hydrogen) atoms. The molecule has 1 saturated heterocycles. The molecule has 2 fully saturated rings. The van der Waals surface area contributed by atoms with E-state index in [0.717, 1.165) is 12.8 Å². The molecular weight excluding hydrogens is 390 g/mol. The second-order valence-electron chi connectivity index (χ2n) is 7.96. The van der Waals surface area contributed by atoms with Crippen LogP contribution in [0, 0.1) is 0 Å². The number of amides is 1. The van der Waals surface area contributed by atoms with Gasteiger partial charge in [-0.25, -0.2) is 8.42 Å². The second kappa shape index (κ2) is 10.5. The van der Waals surface area contributed by atoms with Gasteiger partial charge in [0, 0.05) is 24.8 Å². The second-order valence-corrected chi connectivity index (χ2v) is 9.90. The van der Waals surface area contributed by atoms with Gasteiger partial charge in [-0.15, -0.1) is 0 Å². The third-order valence-corrected chi connectivity index (χ3v) is 7.59. The molecule has 2 aliphatic rings. The van der Waals surface area contributed by atoms with E-state index < -0.39 is 10.0 Å². The fraction of sp³-hybridized carbons (Fsp3) is 0.667. The Bertz CT molecular complexity index is 770. The summed E-state index contributed by atoms with van der Waals surface area (Å²) < 4.78 is 32.3. The maximum absolute atomic E-state index is 12.8. The number of hydrogen-bond acceptors (Lipinski definition) is 5. The van der Waals surface area contributed by atoms with Gasteiger partial charge in [0.15, 0.2) is 0 Å². The monoisotopic (exact) mass is 423 g/mol. The molecule has 7 nitrogen and oxygen atoms in total. The lowest BCUT2D eigenvalue weighted by molar-refractivity contribution is -0.118. The van der Waals surface area contributed by atoms with Crippen molar-refractivity contribution in [1.82, 2.24) is 9.62 Å². The topological polar surface area (TPSA) is 87.7 Å². The first-order valence-corrected chi connectivity index (χ1v) is 12.2. The zero-order valence-corrected chi connectivity index (χ0v) is 18.0. The number of morpholine rings is 1. The van der Waals surface area contributed by atoms with E-state index in [1.54, 1.807) is 18.2 Å². The van der Waals surface area contributed by atoms with Gasteiger partial charge in [0.25, 0.3) is 0 Å². The Morgan fingerprint density at radius 2 is 1.76 bits per heavy atom. The van der Waals surface area contributed by atoms with Crippen molar-refractivity contribution in [2.75, 3.05) is 31.6 Å². The van der Waals surface area contributed by atoms with Crippen molar-refractivity contribution in [2.45, 2.75) is 68.8 Å². The first kappa shape index (κ1) is 22.2. The molecule has 1 heterocycles. The minimum Gasteiger partial charge on any atom is -0.379 e. The quantitative estimate of drug-likeness (QED) is 0.735. The number of anilines is 1. The Balaban J connectivity index is 1.60. The van der Waals surface area contributed by atoms with Crippen molar-refractivity contribution in [2.24, 2.45) is 0 Å². The van der Waals surface area contributed by atoms with Crippen LogP contribution < -0.4 is 10.6 Å². The maximum Gasteiger partial charge on any atom is 0.243 e. The van der Waals surface area contributed by atoms with Crippen molar-refractivity contribution < 1.29 is 17.9 Å². The molecule has 3 rings (SSSR count). The SMILES string of the molecule is C[C@H](NC1CCCCCCC1)C(=O)Nc1cccc(S(=O)(=O)N2CCOCC2)c1. The van der Waals surface area contributed by atoms with Crippen molar-refractivity contribution in [1.29, 1.82) is 0 Å². The molecule has 8 heteroatoms. The Morgan fingerprint density at radius 1 is 1.10 bits per heavy atom. The molecule has 0 unspecified atom stereocenters. The summed E-state index contributed by atoms with van der Waals surface area (Å²) in [5.74, 6) is -0.145. The molecule has 0 spiro atoms. The highest BCUT2D eigenvalue weighted by atomic mass is 32.2. The van der Waals surface area contributed by atoms with Crippen LogP contribution in [-0.4, -0.2) is 57.0 Å². The Kier molecular flexibility index (Phi) is 8.06. The summed E-state index contributed by atoms with van der Waals surface area (Å²) in [6.07, 6.45) is 8.45. The number of carbonyl (C=O) groups excluding carboxylic acids is 1. The predicted molar refractivity (Wildman–Crippen MR) is 113 cm³/mol. The van der Waals surface area contributed by atoms with Crippen LogP contribution in [0.15, 0.2) is 29.2 Å². The van der Waals surface area contributed by atoms with Gasteiger partial charge in [-0.05, 0) is 38.0 Å². The summed E-state index contributed by atoms with van der Waals surface area (Å²) >= 11 is 0. The van der Waals surface area contributed by atoms with Crippen LogP contribution in [0.25, 0.3) is 0 Å². The zero-order chi connectivity index (χ0) is 20.7. The van der Waals surface area contributed by atoms with E-state index in [4.69, 9.17) is 4.74 Å². The lowest BCUT2D eigenvalue weighted by Crippen LogP contribution is -2.44. The molecule has 1 aliphatic heterocycles. The molecule has 162 valence electrons. The molecule has 1 saturated carbocycles. The van der Waals surface area contributed by atoms with Crippen molar-refractivity contribution in [3.05, 3.63) is 24.3 Å². The summed E-state index contributed by atoms with van der Waals surface area (Å²) in [6, 6.07) is 6.51. The third kappa shape index (κ3) is 6.25. The maximum atomic E-state index is 12.8. The third-order valence-electron chi connectivity index (χ3n) is 5.69. The number of rotatable bonds is 6. The summed E-state index contributed by atoms with van der Waals surface area (Å²) in [6.45, 7) is 3.37.